The Morgan fingerprint density at radius 3 is 2.41 bits per heavy atom. The molecule has 150 valence electrons. The quantitative estimate of drug-likeness (QED) is 0.648. The van der Waals surface area contributed by atoms with Gasteiger partial charge in [-0.05, 0) is 55.7 Å². The molecule has 4 rings (SSSR count). The summed E-state index contributed by atoms with van der Waals surface area (Å²) in [4.78, 5) is 14.9. The third-order valence-electron chi connectivity index (χ3n) is 5.42. The van der Waals surface area contributed by atoms with Crippen LogP contribution in [0, 0.1) is 0 Å². The van der Waals surface area contributed by atoms with Crippen molar-refractivity contribution in [2.75, 3.05) is 29.9 Å². The van der Waals surface area contributed by atoms with Crippen molar-refractivity contribution < 1.29 is 14.5 Å². The molecule has 3 N–H and O–H groups in total. The first-order chi connectivity index (χ1) is 14.3. The van der Waals surface area contributed by atoms with Gasteiger partial charge in [0.05, 0.1) is 6.26 Å². The van der Waals surface area contributed by atoms with E-state index in [0.717, 1.165) is 30.1 Å². The van der Waals surface area contributed by atoms with Gasteiger partial charge in [0.25, 0.3) is 5.91 Å². The van der Waals surface area contributed by atoms with Gasteiger partial charge < -0.3 is 20.0 Å². The third-order valence-corrected chi connectivity index (χ3v) is 5.42. The number of quaternary nitrogens is 1. The Hall–Kier alpha value is -3.05. The van der Waals surface area contributed by atoms with E-state index in [1.54, 1.807) is 6.26 Å². The van der Waals surface area contributed by atoms with E-state index < -0.39 is 0 Å². The number of hydrogen-bond acceptors (Lipinski definition) is 3. The molecular formula is C24H28N3O2+. The summed E-state index contributed by atoms with van der Waals surface area (Å²) in [5, 5.41) is 5.01. The highest BCUT2D eigenvalue weighted by Crippen LogP contribution is 2.22. The van der Waals surface area contributed by atoms with Crippen molar-refractivity contribution in [3.05, 3.63) is 84.3 Å². The Morgan fingerprint density at radius 1 is 0.966 bits per heavy atom. The van der Waals surface area contributed by atoms with Crippen LogP contribution in [0.1, 0.15) is 36.6 Å². The molecule has 1 aromatic heterocycles. The predicted octanol–water partition coefficient (Wildman–Crippen LogP) is 3.56. The Bertz CT molecular complexity index is 886. The molecule has 5 heteroatoms. The van der Waals surface area contributed by atoms with Crippen LogP contribution in [0.4, 0.5) is 11.4 Å². The lowest BCUT2D eigenvalue weighted by Gasteiger charge is -2.28. The Labute approximate surface area is 171 Å². The van der Waals surface area contributed by atoms with Crippen molar-refractivity contribution in [2.45, 2.75) is 25.3 Å². The second kappa shape index (κ2) is 9.43. The van der Waals surface area contributed by atoms with E-state index in [1.165, 1.54) is 24.9 Å². The average molecular weight is 391 g/mol. The molecule has 2 heterocycles. The van der Waals surface area contributed by atoms with Crippen LogP contribution >= 0.6 is 0 Å². The molecule has 0 spiro atoms. The maximum absolute atomic E-state index is 12.5. The van der Waals surface area contributed by atoms with Crippen LogP contribution in [0.3, 0.4) is 0 Å². The standard InChI is InChI=1S/C24H27N3O2/c28-23(26-20-11-13-21(14-12-20)27-15-5-2-6-16-27)18-25-24(22-10-7-17-29-22)19-8-3-1-4-9-19/h1,3-4,7-14,17,24-25H,2,5-6,15-16,18H2,(H,26,28)/p+1/t24-/m0/s1. The predicted molar refractivity (Wildman–Crippen MR) is 115 cm³/mol. The highest BCUT2D eigenvalue weighted by atomic mass is 16.3. The van der Waals surface area contributed by atoms with Crippen molar-refractivity contribution in [3.8, 4) is 0 Å². The first-order valence-electron chi connectivity index (χ1n) is 10.4. The van der Waals surface area contributed by atoms with Crippen molar-refractivity contribution in [1.82, 2.24) is 0 Å². The number of anilines is 2. The van der Waals surface area contributed by atoms with E-state index >= 15 is 0 Å². The van der Waals surface area contributed by atoms with Gasteiger partial charge in [-0.1, -0.05) is 30.3 Å². The molecule has 0 unspecified atom stereocenters. The van der Waals surface area contributed by atoms with E-state index in [9.17, 15) is 4.79 Å². The van der Waals surface area contributed by atoms with Crippen LogP contribution in [0.15, 0.2) is 77.4 Å². The monoisotopic (exact) mass is 390 g/mol. The maximum atomic E-state index is 12.5. The van der Waals surface area contributed by atoms with Crippen LogP contribution in [-0.4, -0.2) is 25.5 Å². The second-order valence-electron chi connectivity index (χ2n) is 7.49. The summed E-state index contributed by atoms with van der Waals surface area (Å²) < 4.78 is 5.60. The zero-order valence-electron chi connectivity index (χ0n) is 16.6. The number of hydrogen-bond donors (Lipinski definition) is 2. The number of carbonyl (C=O) groups excluding carboxylic acids is 1. The lowest BCUT2D eigenvalue weighted by molar-refractivity contribution is -0.678. The minimum Gasteiger partial charge on any atom is -0.463 e. The van der Waals surface area contributed by atoms with Gasteiger partial charge >= 0.3 is 0 Å². The Balaban J connectivity index is 1.35. The van der Waals surface area contributed by atoms with Crippen LogP contribution in [-0.2, 0) is 4.79 Å². The zero-order valence-corrected chi connectivity index (χ0v) is 16.6. The van der Waals surface area contributed by atoms with Gasteiger partial charge in [-0.15, -0.1) is 0 Å². The summed E-state index contributed by atoms with van der Waals surface area (Å²) in [5.74, 6) is 0.818. The van der Waals surface area contributed by atoms with Crippen LogP contribution in [0.5, 0.6) is 0 Å². The van der Waals surface area contributed by atoms with Crippen LogP contribution in [0.25, 0.3) is 0 Å². The highest BCUT2D eigenvalue weighted by molar-refractivity contribution is 5.91. The van der Waals surface area contributed by atoms with Crippen molar-refractivity contribution in [2.24, 2.45) is 0 Å². The first-order valence-corrected chi connectivity index (χ1v) is 10.4. The number of furan rings is 1. The fraction of sp³-hybridized carbons (Fsp3) is 0.292. The fourth-order valence-electron chi connectivity index (χ4n) is 3.89. The van der Waals surface area contributed by atoms with E-state index in [1.807, 2.05) is 47.8 Å². The molecule has 1 aliphatic heterocycles. The van der Waals surface area contributed by atoms with Gasteiger partial charge in [0.1, 0.15) is 0 Å². The molecule has 0 saturated carbocycles. The summed E-state index contributed by atoms with van der Waals surface area (Å²) in [6.07, 6.45) is 5.51. The average Bonchev–Trinajstić information content (AvgIpc) is 3.30. The van der Waals surface area contributed by atoms with Crippen molar-refractivity contribution in [1.29, 1.82) is 0 Å². The van der Waals surface area contributed by atoms with Gasteiger partial charge in [0.2, 0.25) is 0 Å². The molecule has 3 aromatic rings. The number of amides is 1. The first kappa shape index (κ1) is 19.3. The number of nitrogens with zero attached hydrogens (tertiary/aromatic N) is 1. The normalized spacial score (nSPS) is 15.1. The fourth-order valence-corrected chi connectivity index (χ4v) is 3.89. The van der Waals surface area contributed by atoms with Crippen molar-refractivity contribution >= 4 is 17.3 Å². The molecule has 1 amide bonds. The lowest BCUT2D eigenvalue weighted by atomic mass is 10.0. The summed E-state index contributed by atoms with van der Waals surface area (Å²) in [7, 11) is 0. The molecule has 1 atom stereocenters. The van der Waals surface area contributed by atoms with Gasteiger partial charge in [-0.2, -0.15) is 0 Å². The number of rotatable bonds is 7. The zero-order chi connectivity index (χ0) is 19.9. The molecule has 0 aliphatic carbocycles. The second-order valence-corrected chi connectivity index (χ2v) is 7.49. The van der Waals surface area contributed by atoms with Gasteiger partial charge in [-0.3, -0.25) is 4.79 Å². The minimum atomic E-state index is -0.0431. The summed E-state index contributed by atoms with van der Waals surface area (Å²) >= 11 is 0. The SMILES string of the molecule is O=C(C[NH2+][C@@H](c1ccccc1)c1ccco1)Nc1ccc(N2CCCCC2)cc1. The van der Waals surface area contributed by atoms with Gasteiger partial charge in [0, 0.05) is 30.0 Å². The number of nitrogens with one attached hydrogen (secondary N) is 1. The number of benzene rings is 2. The largest absolute Gasteiger partial charge is 0.463 e. The van der Waals surface area contributed by atoms with Gasteiger partial charge in [-0.25, -0.2) is 0 Å². The Kier molecular flexibility index (Phi) is 6.27. The maximum Gasteiger partial charge on any atom is 0.279 e. The topological polar surface area (TPSA) is 62.1 Å². The lowest BCUT2D eigenvalue weighted by Crippen LogP contribution is -2.87. The molecule has 1 fully saturated rings. The molecule has 0 bridgehead atoms. The summed E-state index contributed by atoms with van der Waals surface area (Å²) in [6, 6.07) is 22.1. The summed E-state index contributed by atoms with van der Waals surface area (Å²) in [6.45, 7) is 2.55. The van der Waals surface area contributed by atoms with Crippen molar-refractivity contribution in [3.63, 3.8) is 0 Å². The van der Waals surface area contributed by atoms with Crippen LogP contribution in [0.2, 0.25) is 0 Å². The van der Waals surface area contributed by atoms with E-state index in [2.05, 4.69) is 34.5 Å². The Morgan fingerprint density at radius 2 is 1.72 bits per heavy atom. The molecule has 5 nitrogen and oxygen atoms in total. The molecule has 1 saturated heterocycles. The molecular weight excluding hydrogens is 362 g/mol. The molecule has 0 radical (unpaired) electrons. The third kappa shape index (κ3) is 5.06. The van der Waals surface area contributed by atoms with E-state index in [4.69, 9.17) is 4.42 Å². The van der Waals surface area contributed by atoms with Gasteiger partial charge in [0.15, 0.2) is 18.3 Å². The molecule has 29 heavy (non-hydrogen) atoms. The highest BCUT2D eigenvalue weighted by Gasteiger charge is 2.21. The van der Waals surface area contributed by atoms with Crippen LogP contribution < -0.4 is 15.5 Å². The number of nitrogens with two attached hydrogens (primary N) is 1. The smallest absolute Gasteiger partial charge is 0.279 e. The van der Waals surface area contributed by atoms with E-state index in [0.29, 0.717) is 6.54 Å². The number of piperidine rings is 1. The van der Waals surface area contributed by atoms with E-state index in [-0.39, 0.29) is 11.9 Å². The molecule has 1 aliphatic rings. The summed E-state index contributed by atoms with van der Waals surface area (Å²) in [5.41, 5.74) is 3.18. The number of carbonyl (C=O) groups is 1. The molecule has 2 aromatic carbocycles. The minimum absolute atomic E-state index is 0.0248.